The van der Waals surface area contributed by atoms with Crippen LogP contribution in [0.15, 0.2) is 94.7 Å². The van der Waals surface area contributed by atoms with Crippen LogP contribution in [0, 0.1) is 0 Å². The van der Waals surface area contributed by atoms with Crippen LogP contribution in [0.1, 0.15) is 83.8 Å². The van der Waals surface area contributed by atoms with Crippen LogP contribution in [-0.4, -0.2) is 56.6 Å². The standard InChI is InChI=1S/C38H49ClN2O6S2.K/c1-37(2)30-16-5-7-18-32(30)40(24-9-11-26-48(42,43)44)34(37)22-20-28-14-13-15-29(36(28)39)21-23-35-38(3,4)31-17-6-8-19-33(31)41(35)25-10-12-27-49(45,46)47;/h5-8,16-23,34H,9-15,24-27H2,1-4H3,(H,42,43,44)(H,45,46,47);/q;+1/p-1/b22-20+,29-21+,35-23+;. The average Bonchev–Trinajstić information content (AvgIpc) is 3.37. The fourth-order valence-electron chi connectivity index (χ4n) is 7.87. The number of halogens is 1. The van der Waals surface area contributed by atoms with E-state index in [4.69, 9.17) is 11.6 Å². The number of nitrogens with one attached hydrogen (secondary N) is 1. The van der Waals surface area contributed by atoms with Crippen molar-refractivity contribution in [1.82, 2.24) is 0 Å². The molecule has 0 bridgehead atoms. The SMILES string of the molecule is CC1(C)/C(=C\C=C2/CCCC(/C=C/C3[NH+](CCCCS(=O)(=O)[O-])c4ccccc4C3(C)C)=C2Cl)N(CCCCS(=O)(=O)[O-])c2ccccc21.[K+]. The molecular weight excluding hydrogens is 719 g/mol. The van der Waals surface area contributed by atoms with Gasteiger partial charge in [0.05, 0.1) is 32.2 Å². The van der Waals surface area contributed by atoms with Gasteiger partial charge in [-0.3, -0.25) is 4.90 Å². The first-order valence-corrected chi connectivity index (χ1v) is 20.7. The van der Waals surface area contributed by atoms with E-state index in [0.29, 0.717) is 32.2 Å². The first kappa shape index (κ1) is 41.7. The van der Waals surface area contributed by atoms with Crippen LogP contribution in [0.3, 0.4) is 0 Å². The molecule has 2 heterocycles. The van der Waals surface area contributed by atoms with Crippen molar-refractivity contribution in [3.63, 3.8) is 0 Å². The Kier molecular flexibility index (Phi) is 14.1. The van der Waals surface area contributed by atoms with Crippen LogP contribution in [0.25, 0.3) is 0 Å². The number of hydrogen-bond acceptors (Lipinski definition) is 7. The second-order valence-electron chi connectivity index (χ2n) is 14.5. The van der Waals surface area contributed by atoms with Crippen LogP contribution in [0.4, 0.5) is 11.4 Å². The minimum atomic E-state index is -4.25. The normalized spacial score (nSPS) is 23.1. The molecule has 2 aromatic carbocycles. The molecule has 2 unspecified atom stereocenters. The third kappa shape index (κ3) is 9.71. The molecule has 1 aliphatic carbocycles. The Balaban J connectivity index is 0.00000562. The molecule has 0 saturated carbocycles. The molecule has 5 rings (SSSR count). The zero-order chi connectivity index (χ0) is 35.6. The summed E-state index contributed by atoms with van der Waals surface area (Å²) in [5, 5.41) is 0.760. The van der Waals surface area contributed by atoms with Gasteiger partial charge in [-0.25, -0.2) is 16.8 Å². The molecule has 50 heavy (non-hydrogen) atoms. The molecule has 0 saturated heterocycles. The number of nitrogens with zero attached hydrogens (tertiary/aromatic N) is 1. The smallest absolute Gasteiger partial charge is 0.748 e. The molecule has 0 aromatic heterocycles. The van der Waals surface area contributed by atoms with Crippen molar-refractivity contribution in [2.24, 2.45) is 0 Å². The number of quaternary nitrogens is 1. The summed E-state index contributed by atoms with van der Waals surface area (Å²) in [4.78, 5) is 3.51. The summed E-state index contributed by atoms with van der Waals surface area (Å²) in [7, 11) is -8.48. The molecule has 2 atom stereocenters. The molecule has 266 valence electrons. The third-order valence-corrected chi connectivity index (χ3v) is 12.5. The maximum atomic E-state index is 11.2. The number of hydrogen-bond donors (Lipinski definition) is 1. The van der Waals surface area contributed by atoms with E-state index in [1.54, 1.807) is 0 Å². The molecular formula is C38H48ClKN2O6S2. The quantitative estimate of drug-likeness (QED) is 0.189. The fraction of sp³-hybridized carbons (Fsp3) is 0.474. The number of benzene rings is 2. The molecule has 2 aliphatic heterocycles. The van der Waals surface area contributed by atoms with E-state index < -0.39 is 20.2 Å². The molecule has 12 heteroatoms. The average molecular weight is 767 g/mol. The Bertz CT molecular complexity index is 1900. The Morgan fingerprint density at radius 2 is 1.48 bits per heavy atom. The van der Waals surface area contributed by atoms with Gasteiger partial charge in [0.25, 0.3) is 0 Å². The molecule has 3 aliphatic rings. The van der Waals surface area contributed by atoms with Crippen molar-refractivity contribution in [3.05, 3.63) is 106 Å². The molecule has 0 fully saturated rings. The third-order valence-electron chi connectivity index (χ3n) is 10.4. The second-order valence-corrected chi connectivity index (χ2v) is 18.0. The van der Waals surface area contributed by atoms with Gasteiger partial charge in [-0.2, -0.15) is 0 Å². The zero-order valence-electron chi connectivity index (χ0n) is 29.9. The van der Waals surface area contributed by atoms with Crippen molar-refractivity contribution in [2.45, 2.75) is 89.5 Å². The van der Waals surface area contributed by atoms with E-state index in [1.807, 2.05) is 18.2 Å². The topological polar surface area (TPSA) is 122 Å². The number of anilines is 1. The van der Waals surface area contributed by atoms with E-state index in [1.165, 1.54) is 21.7 Å². The molecule has 1 N–H and O–H groups in total. The van der Waals surface area contributed by atoms with Crippen LogP contribution >= 0.6 is 11.6 Å². The van der Waals surface area contributed by atoms with E-state index >= 15 is 0 Å². The Labute approximate surface area is 346 Å². The van der Waals surface area contributed by atoms with Gasteiger partial charge >= 0.3 is 51.4 Å². The predicted octanol–water partition coefficient (Wildman–Crippen LogP) is 3.36. The molecule has 0 amide bonds. The number of unbranched alkanes of at least 4 members (excludes halogenated alkanes) is 2. The summed E-state index contributed by atoms with van der Waals surface area (Å²) >= 11 is 7.14. The van der Waals surface area contributed by atoms with Gasteiger partial charge in [0.2, 0.25) is 0 Å². The Hall–Kier alpha value is -1.09. The van der Waals surface area contributed by atoms with Crippen LogP contribution in [-0.2, 0) is 31.1 Å². The summed E-state index contributed by atoms with van der Waals surface area (Å²) in [5.41, 5.74) is 7.60. The first-order chi connectivity index (χ1) is 23.0. The summed E-state index contributed by atoms with van der Waals surface area (Å²) in [6, 6.07) is 16.8. The summed E-state index contributed by atoms with van der Waals surface area (Å²) in [5.74, 6) is -0.701. The van der Waals surface area contributed by atoms with Gasteiger partial charge < -0.3 is 14.0 Å². The summed E-state index contributed by atoms with van der Waals surface area (Å²) in [6.07, 6.45) is 13.3. The van der Waals surface area contributed by atoms with Gasteiger partial charge in [-0.05, 0) is 99.8 Å². The Morgan fingerprint density at radius 1 is 0.860 bits per heavy atom. The zero-order valence-corrected chi connectivity index (χ0v) is 35.4. The number of rotatable bonds is 13. The molecule has 0 radical (unpaired) electrons. The van der Waals surface area contributed by atoms with Gasteiger partial charge in [0.15, 0.2) is 0 Å². The number of allylic oxidation sites excluding steroid dienone is 7. The number of fused-ring (bicyclic) bond motifs is 2. The van der Waals surface area contributed by atoms with Gasteiger partial charge in [0, 0.05) is 45.4 Å². The van der Waals surface area contributed by atoms with Crippen LogP contribution < -0.4 is 61.2 Å². The summed E-state index contributed by atoms with van der Waals surface area (Å²) in [6.45, 7) is 10.2. The Morgan fingerprint density at radius 3 is 2.16 bits per heavy atom. The summed E-state index contributed by atoms with van der Waals surface area (Å²) < 4.78 is 67.2. The van der Waals surface area contributed by atoms with Gasteiger partial charge in [-0.1, -0.05) is 74.0 Å². The molecule has 8 nitrogen and oxygen atoms in total. The van der Waals surface area contributed by atoms with E-state index in [0.717, 1.165) is 53.4 Å². The second kappa shape index (κ2) is 16.9. The number of para-hydroxylation sites is 2. The minimum Gasteiger partial charge on any atom is -0.748 e. The van der Waals surface area contributed by atoms with Crippen molar-refractivity contribution in [3.8, 4) is 0 Å². The molecule has 0 spiro atoms. The van der Waals surface area contributed by atoms with Gasteiger partial charge in [-0.15, -0.1) is 0 Å². The maximum absolute atomic E-state index is 11.2. The van der Waals surface area contributed by atoms with E-state index in [-0.39, 0.29) is 79.8 Å². The maximum Gasteiger partial charge on any atom is 1.00 e. The largest absolute Gasteiger partial charge is 1.00 e. The van der Waals surface area contributed by atoms with E-state index in [2.05, 4.69) is 87.2 Å². The first-order valence-electron chi connectivity index (χ1n) is 17.2. The van der Waals surface area contributed by atoms with Crippen molar-refractivity contribution >= 4 is 43.2 Å². The van der Waals surface area contributed by atoms with Crippen molar-refractivity contribution in [2.75, 3.05) is 29.5 Å². The van der Waals surface area contributed by atoms with E-state index in [9.17, 15) is 25.9 Å². The van der Waals surface area contributed by atoms with Crippen molar-refractivity contribution < 1.29 is 82.2 Å². The monoisotopic (exact) mass is 766 g/mol. The molecule has 2 aromatic rings. The van der Waals surface area contributed by atoms with Crippen molar-refractivity contribution in [1.29, 1.82) is 0 Å². The minimum absolute atomic E-state index is 0. The van der Waals surface area contributed by atoms with Gasteiger partial charge in [0.1, 0.15) is 11.7 Å². The fourth-order valence-corrected chi connectivity index (χ4v) is 9.30. The predicted molar refractivity (Wildman–Crippen MR) is 195 cm³/mol. The van der Waals surface area contributed by atoms with Crippen LogP contribution in [0.2, 0.25) is 0 Å². The van der Waals surface area contributed by atoms with Crippen LogP contribution in [0.5, 0.6) is 0 Å².